The van der Waals surface area contributed by atoms with E-state index in [2.05, 4.69) is 100 Å². The van der Waals surface area contributed by atoms with Gasteiger partial charge in [-0.05, 0) is 47.2 Å². The molecule has 2 aromatic carbocycles. The van der Waals surface area contributed by atoms with Crippen molar-refractivity contribution in [2.24, 2.45) is 0 Å². The van der Waals surface area contributed by atoms with Gasteiger partial charge in [0.25, 0.3) is 0 Å². The SMILES string of the molecule is Cc1cnc(-c2cccc(C(C)(C)c3ccccc3)c2)cc1C(C)C. The number of rotatable bonds is 4. The molecule has 0 atom stereocenters. The van der Waals surface area contributed by atoms with E-state index in [-0.39, 0.29) is 5.41 Å². The molecule has 3 aromatic rings. The normalized spacial score (nSPS) is 11.8. The quantitative estimate of drug-likeness (QED) is 0.532. The van der Waals surface area contributed by atoms with E-state index in [4.69, 9.17) is 0 Å². The molecule has 1 nitrogen and oxygen atoms in total. The second-order valence-corrected chi connectivity index (χ2v) is 7.65. The highest BCUT2D eigenvalue weighted by Gasteiger charge is 2.23. The Morgan fingerprint density at radius 3 is 2.20 bits per heavy atom. The third kappa shape index (κ3) is 3.51. The van der Waals surface area contributed by atoms with Crippen LogP contribution in [0.3, 0.4) is 0 Å². The van der Waals surface area contributed by atoms with Crippen molar-refractivity contribution in [2.45, 2.75) is 46.0 Å². The maximum absolute atomic E-state index is 4.69. The van der Waals surface area contributed by atoms with Crippen molar-refractivity contribution in [1.29, 1.82) is 0 Å². The Bertz CT molecular complexity index is 860. The lowest BCUT2D eigenvalue weighted by Crippen LogP contribution is -2.18. The highest BCUT2D eigenvalue weighted by molar-refractivity contribution is 5.62. The summed E-state index contributed by atoms with van der Waals surface area (Å²) < 4.78 is 0. The first-order chi connectivity index (χ1) is 11.9. The Morgan fingerprint density at radius 1 is 0.840 bits per heavy atom. The molecule has 0 fully saturated rings. The van der Waals surface area contributed by atoms with E-state index in [1.165, 1.54) is 27.8 Å². The maximum Gasteiger partial charge on any atom is 0.0705 e. The predicted molar refractivity (Wildman–Crippen MR) is 107 cm³/mol. The van der Waals surface area contributed by atoms with Crippen LogP contribution in [0.4, 0.5) is 0 Å². The van der Waals surface area contributed by atoms with E-state index in [0.717, 1.165) is 5.69 Å². The number of benzene rings is 2. The molecule has 1 heteroatoms. The molecule has 0 aliphatic carbocycles. The van der Waals surface area contributed by atoms with Crippen LogP contribution < -0.4 is 0 Å². The molecular weight excluding hydrogens is 302 g/mol. The van der Waals surface area contributed by atoms with Crippen LogP contribution in [0.5, 0.6) is 0 Å². The molecule has 3 rings (SSSR count). The van der Waals surface area contributed by atoms with E-state index < -0.39 is 0 Å². The van der Waals surface area contributed by atoms with Gasteiger partial charge in [0.1, 0.15) is 0 Å². The number of hydrogen-bond acceptors (Lipinski definition) is 1. The summed E-state index contributed by atoms with van der Waals surface area (Å²) in [6.45, 7) is 11.2. The van der Waals surface area contributed by atoms with Gasteiger partial charge in [-0.15, -0.1) is 0 Å². The fourth-order valence-electron chi connectivity index (χ4n) is 3.41. The van der Waals surface area contributed by atoms with Crippen molar-refractivity contribution in [3.8, 4) is 11.3 Å². The van der Waals surface area contributed by atoms with Crippen LogP contribution in [-0.2, 0) is 5.41 Å². The highest BCUT2D eigenvalue weighted by Crippen LogP contribution is 2.34. The van der Waals surface area contributed by atoms with Crippen LogP contribution in [-0.4, -0.2) is 4.98 Å². The maximum atomic E-state index is 4.69. The third-order valence-corrected chi connectivity index (χ3v) is 5.14. The zero-order valence-electron chi connectivity index (χ0n) is 15.9. The predicted octanol–water partition coefficient (Wildman–Crippen LogP) is 6.51. The molecule has 0 saturated heterocycles. The lowest BCUT2D eigenvalue weighted by Gasteiger charge is -2.26. The first-order valence-electron chi connectivity index (χ1n) is 9.02. The fraction of sp³-hybridized carbons (Fsp3) is 0.292. The van der Waals surface area contributed by atoms with Crippen LogP contribution in [0.15, 0.2) is 66.9 Å². The van der Waals surface area contributed by atoms with Crippen LogP contribution in [0, 0.1) is 6.92 Å². The van der Waals surface area contributed by atoms with Crippen molar-refractivity contribution in [3.05, 3.63) is 89.1 Å². The summed E-state index contributed by atoms with van der Waals surface area (Å²) in [5.74, 6) is 0.505. The molecule has 128 valence electrons. The van der Waals surface area contributed by atoms with Crippen molar-refractivity contribution < 1.29 is 0 Å². The molecule has 0 N–H and O–H groups in total. The Kier molecular flexibility index (Phi) is 4.76. The van der Waals surface area contributed by atoms with Gasteiger partial charge in [-0.2, -0.15) is 0 Å². The van der Waals surface area contributed by atoms with Gasteiger partial charge < -0.3 is 0 Å². The first-order valence-corrected chi connectivity index (χ1v) is 9.02. The second-order valence-electron chi connectivity index (χ2n) is 7.65. The number of nitrogens with zero attached hydrogens (tertiary/aromatic N) is 1. The van der Waals surface area contributed by atoms with Crippen LogP contribution in [0.2, 0.25) is 0 Å². The van der Waals surface area contributed by atoms with Crippen molar-refractivity contribution in [3.63, 3.8) is 0 Å². The standard InChI is InChI=1S/C24H27N/c1-17(2)22-15-23(25-16-18(22)3)19-10-9-13-21(14-19)24(4,5)20-11-7-6-8-12-20/h6-17H,1-5H3. The van der Waals surface area contributed by atoms with E-state index in [9.17, 15) is 0 Å². The minimum Gasteiger partial charge on any atom is -0.256 e. The summed E-state index contributed by atoms with van der Waals surface area (Å²) >= 11 is 0. The third-order valence-electron chi connectivity index (χ3n) is 5.14. The molecule has 0 saturated carbocycles. The molecule has 0 unspecified atom stereocenters. The zero-order valence-corrected chi connectivity index (χ0v) is 15.9. The van der Waals surface area contributed by atoms with Crippen molar-refractivity contribution >= 4 is 0 Å². The van der Waals surface area contributed by atoms with E-state index in [0.29, 0.717) is 5.92 Å². The summed E-state index contributed by atoms with van der Waals surface area (Å²) in [4.78, 5) is 4.69. The summed E-state index contributed by atoms with van der Waals surface area (Å²) in [6, 6.07) is 21.7. The Balaban J connectivity index is 2.04. The molecule has 0 bridgehead atoms. The lowest BCUT2D eigenvalue weighted by atomic mass is 9.77. The fourth-order valence-corrected chi connectivity index (χ4v) is 3.41. The smallest absolute Gasteiger partial charge is 0.0705 e. The van der Waals surface area contributed by atoms with Crippen LogP contribution in [0.25, 0.3) is 11.3 Å². The molecule has 1 heterocycles. The average molecular weight is 329 g/mol. The Labute approximate surface area is 151 Å². The number of aryl methyl sites for hydroxylation is 1. The topological polar surface area (TPSA) is 12.9 Å². The molecule has 0 amide bonds. The monoisotopic (exact) mass is 329 g/mol. The van der Waals surface area contributed by atoms with Gasteiger partial charge in [0.05, 0.1) is 5.69 Å². The zero-order chi connectivity index (χ0) is 18.0. The lowest BCUT2D eigenvalue weighted by molar-refractivity contribution is 0.641. The van der Waals surface area contributed by atoms with E-state index in [1.54, 1.807) is 0 Å². The van der Waals surface area contributed by atoms with Gasteiger partial charge >= 0.3 is 0 Å². The minimum atomic E-state index is -0.0388. The second kappa shape index (κ2) is 6.84. The number of aromatic nitrogens is 1. The Morgan fingerprint density at radius 2 is 1.52 bits per heavy atom. The van der Waals surface area contributed by atoms with Crippen molar-refractivity contribution in [2.75, 3.05) is 0 Å². The van der Waals surface area contributed by atoms with E-state index >= 15 is 0 Å². The average Bonchev–Trinajstić information content (AvgIpc) is 2.62. The van der Waals surface area contributed by atoms with Gasteiger partial charge in [0.2, 0.25) is 0 Å². The summed E-state index contributed by atoms with van der Waals surface area (Å²) in [5, 5.41) is 0. The van der Waals surface area contributed by atoms with Gasteiger partial charge in [-0.3, -0.25) is 4.98 Å². The molecular formula is C24H27N. The van der Waals surface area contributed by atoms with Crippen molar-refractivity contribution in [1.82, 2.24) is 4.98 Å². The minimum absolute atomic E-state index is 0.0388. The summed E-state index contributed by atoms with van der Waals surface area (Å²) in [5.41, 5.74) is 7.47. The number of pyridine rings is 1. The molecule has 0 aliphatic rings. The van der Waals surface area contributed by atoms with E-state index in [1.807, 2.05) is 6.20 Å². The van der Waals surface area contributed by atoms with Gasteiger partial charge in [0, 0.05) is 17.2 Å². The van der Waals surface area contributed by atoms with Gasteiger partial charge in [0.15, 0.2) is 0 Å². The largest absolute Gasteiger partial charge is 0.256 e. The molecule has 0 radical (unpaired) electrons. The molecule has 0 spiro atoms. The Hall–Kier alpha value is -2.41. The van der Waals surface area contributed by atoms with Crippen LogP contribution in [0.1, 0.15) is 55.9 Å². The molecule has 0 aliphatic heterocycles. The number of hydrogen-bond donors (Lipinski definition) is 0. The van der Waals surface area contributed by atoms with Gasteiger partial charge in [-0.1, -0.05) is 76.2 Å². The first kappa shape index (κ1) is 17.4. The molecule has 1 aromatic heterocycles. The van der Waals surface area contributed by atoms with Gasteiger partial charge in [-0.25, -0.2) is 0 Å². The highest BCUT2D eigenvalue weighted by atomic mass is 14.7. The van der Waals surface area contributed by atoms with Crippen LogP contribution >= 0.6 is 0 Å². The molecule has 25 heavy (non-hydrogen) atoms. The summed E-state index contributed by atoms with van der Waals surface area (Å²) in [6.07, 6.45) is 2.00. The summed E-state index contributed by atoms with van der Waals surface area (Å²) in [7, 11) is 0.